The first kappa shape index (κ1) is 19.6. The van der Waals surface area contributed by atoms with E-state index >= 15 is 0 Å². The Hall–Kier alpha value is -3.68. The van der Waals surface area contributed by atoms with E-state index in [-0.39, 0.29) is 17.9 Å². The minimum Gasteiger partial charge on any atom is -0.350 e. The lowest BCUT2D eigenvalue weighted by Gasteiger charge is -2.36. The second kappa shape index (κ2) is 8.36. The topological polar surface area (TPSA) is 85.0 Å². The zero-order chi connectivity index (χ0) is 21.1. The molecule has 0 aliphatic carbocycles. The highest BCUT2D eigenvalue weighted by Crippen LogP contribution is 2.20. The van der Waals surface area contributed by atoms with Gasteiger partial charge in [-0.15, -0.1) is 0 Å². The monoisotopic (exact) mass is 404 g/mol. The van der Waals surface area contributed by atoms with Gasteiger partial charge in [0.2, 0.25) is 5.91 Å². The fraction of sp³-hybridized carbons (Fsp3) is 0.273. The first-order valence-corrected chi connectivity index (χ1v) is 9.85. The third kappa shape index (κ3) is 4.17. The third-order valence-corrected chi connectivity index (χ3v) is 5.16. The first-order chi connectivity index (χ1) is 14.5. The summed E-state index contributed by atoms with van der Waals surface area (Å²) in [5, 5.41) is 7.23. The molecule has 1 aliphatic heterocycles. The summed E-state index contributed by atoms with van der Waals surface area (Å²) < 4.78 is 3.60. The van der Waals surface area contributed by atoms with Crippen LogP contribution in [0.4, 0.5) is 0 Å². The number of nitrogens with zero attached hydrogens (tertiary/aromatic N) is 5. The maximum absolute atomic E-state index is 13.0. The van der Waals surface area contributed by atoms with Crippen molar-refractivity contribution in [1.82, 2.24) is 29.5 Å². The summed E-state index contributed by atoms with van der Waals surface area (Å²) in [6, 6.07) is 9.27. The molecule has 0 bridgehead atoms. The molecule has 0 saturated heterocycles. The molecule has 0 radical (unpaired) electrons. The van der Waals surface area contributed by atoms with E-state index in [4.69, 9.17) is 0 Å². The summed E-state index contributed by atoms with van der Waals surface area (Å²) in [7, 11) is 0. The van der Waals surface area contributed by atoms with Gasteiger partial charge in [0.1, 0.15) is 5.69 Å². The molecule has 0 aromatic carbocycles. The number of hydrogen-bond acceptors (Lipinski definition) is 4. The van der Waals surface area contributed by atoms with Crippen LogP contribution in [0.3, 0.4) is 0 Å². The summed E-state index contributed by atoms with van der Waals surface area (Å²) in [5.41, 5.74) is 3.46. The number of nitrogens with one attached hydrogen (secondary N) is 1. The van der Waals surface area contributed by atoms with Crippen LogP contribution in [0.2, 0.25) is 0 Å². The molecule has 0 fully saturated rings. The van der Waals surface area contributed by atoms with Gasteiger partial charge in [-0.1, -0.05) is 6.07 Å². The first-order valence-electron chi connectivity index (χ1n) is 9.85. The van der Waals surface area contributed by atoms with Crippen molar-refractivity contribution < 1.29 is 9.59 Å². The Morgan fingerprint density at radius 1 is 1.30 bits per heavy atom. The van der Waals surface area contributed by atoms with E-state index < -0.39 is 0 Å². The molecule has 1 N–H and O–H groups in total. The second-order valence-electron chi connectivity index (χ2n) is 7.43. The van der Waals surface area contributed by atoms with Crippen LogP contribution in [-0.2, 0) is 17.9 Å². The lowest BCUT2D eigenvalue weighted by Crippen LogP contribution is -2.52. The zero-order valence-corrected chi connectivity index (χ0v) is 17.0. The summed E-state index contributed by atoms with van der Waals surface area (Å²) in [5.74, 6) is -0.276. The fourth-order valence-corrected chi connectivity index (χ4v) is 3.68. The molecule has 1 aliphatic rings. The molecule has 3 aromatic rings. The van der Waals surface area contributed by atoms with Crippen LogP contribution in [-0.4, -0.2) is 48.6 Å². The van der Waals surface area contributed by atoms with Crippen molar-refractivity contribution in [3.05, 3.63) is 77.6 Å². The molecule has 8 nitrogen and oxygen atoms in total. The summed E-state index contributed by atoms with van der Waals surface area (Å²) >= 11 is 0. The Morgan fingerprint density at radius 2 is 2.17 bits per heavy atom. The van der Waals surface area contributed by atoms with Crippen LogP contribution in [0.5, 0.6) is 0 Å². The van der Waals surface area contributed by atoms with Gasteiger partial charge in [-0.2, -0.15) is 5.10 Å². The van der Waals surface area contributed by atoms with Crippen LogP contribution in [0, 0.1) is 13.8 Å². The highest BCUT2D eigenvalue weighted by molar-refractivity contribution is 5.94. The maximum atomic E-state index is 13.0. The maximum Gasteiger partial charge on any atom is 0.271 e. The van der Waals surface area contributed by atoms with Crippen molar-refractivity contribution in [2.24, 2.45) is 0 Å². The third-order valence-electron chi connectivity index (χ3n) is 5.16. The van der Waals surface area contributed by atoms with Crippen LogP contribution >= 0.6 is 0 Å². The van der Waals surface area contributed by atoms with Gasteiger partial charge in [-0.3, -0.25) is 14.6 Å². The lowest BCUT2D eigenvalue weighted by atomic mass is 10.1. The SMILES string of the molecule is Cc1cc(C)n(C=CC(=O)NCC2Cn3cccc3C(=O)N2Cc2cccnc2)n1. The molecule has 0 saturated carbocycles. The largest absolute Gasteiger partial charge is 0.350 e. The second-order valence-corrected chi connectivity index (χ2v) is 7.43. The predicted molar refractivity (Wildman–Crippen MR) is 112 cm³/mol. The van der Waals surface area contributed by atoms with Gasteiger partial charge >= 0.3 is 0 Å². The van der Waals surface area contributed by atoms with Gasteiger partial charge in [0.15, 0.2) is 0 Å². The Morgan fingerprint density at radius 3 is 2.90 bits per heavy atom. The van der Waals surface area contributed by atoms with Gasteiger partial charge in [0, 0.05) is 56.2 Å². The van der Waals surface area contributed by atoms with Gasteiger partial charge in [0.05, 0.1) is 11.7 Å². The van der Waals surface area contributed by atoms with Crippen molar-refractivity contribution in [3.63, 3.8) is 0 Å². The van der Waals surface area contributed by atoms with Crippen molar-refractivity contribution in [2.75, 3.05) is 6.54 Å². The van der Waals surface area contributed by atoms with Crippen molar-refractivity contribution >= 4 is 18.0 Å². The van der Waals surface area contributed by atoms with E-state index in [0.29, 0.717) is 25.3 Å². The Labute approximate surface area is 174 Å². The molecular formula is C22H24N6O2. The summed E-state index contributed by atoms with van der Waals surface area (Å²) in [6.07, 6.45) is 8.46. The molecular weight excluding hydrogens is 380 g/mol. The highest BCUT2D eigenvalue weighted by Gasteiger charge is 2.32. The Bertz CT molecular complexity index is 1080. The minimum atomic E-state index is -0.227. The van der Waals surface area contributed by atoms with E-state index in [0.717, 1.165) is 17.0 Å². The van der Waals surface area contributed by atoms with Crippen molar-refractivity contribution in [2.45, 2.75) is 33.0 Å². The normalized spacial score (nSPS) is 16.1. The van der Waals surface area contributed by atoms with Crippen LogP contribution < -0.4 is 5.32 Å². The number of aromatic nitrogens is 4. The van der Waals surface area contributed by atoms with Gasteiger partial charge < -0.3 is 14.8 Å². The van der Waals surface area contributed by atoms with Crippen LogP contribution in [0.25, 0.3) is 6.20 Å². The van der Waals surface area contributed by atoms with Gasteiger partial charge in [-0.25, -0.2) is 4.68 Å². The van der Waals surface area contributed by atoms with Gasteiger partial charge in [0.25, 0.3) is 5.91 Å². The number of aryl methyl sites for hydroxylation is 2. The Kier molecular flexibility index (Phi) is 5.47. The summed E-state index contributed by atoms with van der Waals surface area (Å²) in [4.78, 5) is 31.3. The molecule has 1 atom stereocenters. The van der Waals surface area contributed by atoms with Crippen LogP contribution in [0.15, 0.2) is 55.0 Å². The molecule has 1 unspecified atom stereocenters. The number of amides is 2. The van der Waals surface area contributed by atoms with Crippen LogP contribution in [0.1, 0.15) is 27.4 Å². The average Bonchev–Trinajstić information content (AvgIpc) is 3.33. The van der Waals surface area contributed by atoms with E-state index in [1.54, 1.807) is 28.2 Å². The minimum absolute atomic E-state index is 0.0486. The highest BCUT2D eigenvalue weighted by atomic mass is 16.2. The van der Waals surface area contributed by atoms with E-state index in [2.05, 4.69) is 15.4 Å². The standard InChI is InChI=1S/C22H24N6O2/c1-16-11-17(2)28(25-16)10-7-21(29)24-13-19-15-26-9-4-6-20(26)22(30)27(19)14-18-5-3-8-23-12-18/h3-12,19H,13-15H2,1-2H3,(H,24,29). The molecule has 8 heteroatoms. The molecule has 4 heterocycles. The smallest absolute Gasteiger partial charge is 0.271 e. The molecule has 2 amide bonds. The molecule has 30 heavy (non-hydrogen) atoms. The number of hydrogen-bond donors (Lipinski definition) is 1. The van der Waals surface area contributed by atoms with Crippen molar-refractivity contribution in [1.29, 1.82) is 0 Å². The Balaban J connectivity index is 1.46. The van der Waals surface area contributed by atoms with E-state index in [1.165, 1.54) is 6.08 Å². The van der Waals surface area contributed by atoms with E-state index in [9.17, 15) is 9.59 Å². The lowest BCUT2D eigenvalue weighted by molar-refractivity contribution is -0.116. The number of carbonyl (C=O) groups is 2. The predicted octanol–water partition coefficient (Wildman–Crippen LogP) is 2.01. The number of pyridine rings is 1. The number of carbonyl (C=O) groups excluding carboxylic acids is 2. The fourth-order valence-electron chi connectivity index (χ4n) is 3.68. The van der Waals surface area contributed by atoms with Crippen molar-refractivity contribution in [3.8, 4) is 0 Å². The number of fused-ring (bicyclic) bond motifs is 1. The molecule has 4 rings (SSSR count). The summed E-state index contributed by atoms with van der Waals surface area (Å²) in [6.45, 7) is 5.25. The quantitative estimate of drug-likeness (QED) is 0.637. The van der Waals surface area contributed by atoms with E-state index in [1.807, 2.05) is 54.9 Å². The average molecular weight is 404 g/mol. The van der Waals surface area contributed by atoms with Gasteiger partial charge in [-0.05, 0) is 43.7 Å². The molecule has 0 spiro atoms. The molecule has 154 valence electrons. The number of rotatable bonds is 6. The zero-order valence-electron chi connectivity index (χ0n) is 17.0. The molecule has 3 aromatic heterocycles.